The van der Waals surface area contributed by atoms with Gasteiger partial charge in [0.05, 0.1) is 5.69 Å². The highest BCUT2D eigenvalue weighted by atomic mass is 32.1. The number of likely N-dealkylation sites (N-methyl/N-ethyl adjacent to an activating group) is 1. The minimum Gasteiger partial charge on any atom is -0.396 e. The van der Waals surface area contributed by atoms with E-state index in [-0.39, 0.29) is 11.6 Å². The lowest BCUT2D eigenvalue weighted by atomic mass is 10.2. The summed E-state index contributed by atoms with van der Waals surface area (Å²) in [6.07, 6.45) is 0. The predicted octanol–water partition coefficient (Wildman–Crippen LogP) is 1.32. The van der Waals surface area contributed by atoms with Crippen LogP contribution in [0.2, 0.25) is 0 Å². The van der Waals surface area contributed by atoms with E-state index in [1.54, 1.807) is 7.05 Å². The summed E-state index contributed by atoms with van der Waals surface area (Å²) >= 11 is 1.22. The normalized spacial score (nSPS) is 10.3. The molecule has 0 aliphatic carbocycles. The smallest absolute Gasteiger partial charge is 0.263 e. The van der Waals surface area contributed by atoms with Crippen molar-refractivity contribution in [2.24, 2.45) is 0 Å². The van der Waals surface area contributed by atoms with E-state index in [1.165, 1.54) is 11.3 Å². The molecule has 0 spiro atoms. The van der Waals surface area contributed by atoms with Crippen molar-refractivity contribution in [3.05, 3.63) is 10.4 Å². The average Bonchev–Trinajstić information content (AvgIpc) is 2.79. The molecule has 0 saturated carbocycles. The predicted molar refractivity (Wildman–Crippen MR) is 83.1 cm³/mol. The first kappa shape index (κ1) is 16.3. The molecule has 0 aromatic carbocycles. The molecular formula is C13H21N5OS. The van der Waals surface area contributed by atoms with E-state index in [9.17, 15) is 4.79 Å². The van der Waals surface area contributed by atoms with E-state index in [1.807, 2.05) is 0 Å². The Bertz CT molecular complexity index is 502. The molecule has 0 unspecified atom stereocenters. The zero-order valence-corrected chi connectivity index (χ0v) is 12.9. The first-order valence-electron chi connectivity index (χ1n) is 6.59. The van der Waals surface area contributed by atoms with Gasteiger partial charge in [0.2, 0.25) is 0 Å². The van der Waals surface area contributed by atoms with Crippen LogP contribution in [0.3, 0.4) is 0 Å². The highest BCUT2D eigenvalue weighted by Crippen LogP contribution is 2.34. The molecular weight excluding hydrogens is 274 g/mol. The Labute approximate surface area is 123 Å². The monoisotopic (exact) mass is 295 g/mol. The average molecular weight is 295 g/mol. The summed E-state index contributed by atoms with van der Waals surface area (Å²) in [5, 5.41) is 15.5. The van der Waals surface area contributed by atoms with Gasteiger partial charge in [-0.05, 0) is 13.1 Å². The summed E-state index contributed by atoms with van der Waals surface area (Å²) in [5.74, 6) is -0.263. The van der Waals surface area contributed by atoms with Crippen LogP contribution >= 0.6 is 11.3 Å². The highest BCUT2D eigenvalue weighted by Gasteiger charge is 2.20. The van der Waals surface area contributed by atoms with Crippen molar-refractivity contribution in [3.8, 4) is 6.07 Å². The third-order valence-corrected chi connectivity index (χ3v) is 4.26. The molecule has 6 nitrogen and oxygen atoms in total. The van der Waals surface area contributed by atoms with E-state index in [0.29, 0.717) is 22.0 Å². The highest BCUT2D eigenvalue weighted by molar-refractivity contribution is 7.18. The molecule has 1 amide bonds. The van der Waals surface area contributed by atoms with Gasteiger partial charge in [-0.1, -0.05) is 13.8 Å². The van der Waals surface area contributed by atoms with Crippen LogP contribution < -0.4 is 16.4 Å². The fourth-order valence-electron chi connectivity index (χ4n) is 1.83. The zero-order chi connectivity index (χ0) is 15.1. The summed E-state index contributed by atoms with van der Waals surface area (Å²) < 4.78 is 0. The van der Waals surface area contributed by atoms with Crippen LogP contribution in [0.25, 0.3) is 0 Å². The molecule has 1 heterocycles. The lowest BCUT2D eigenvalue weighted by Crippen LogP contribution is -2.28. The van der Waals surface area contributed by atoms with Gasteiger partial charge in [0, 0.05) is 20.1 Å². The molecule has 4 N–H and O–H groups in total. The number of rotatable bonds is 7. The Morgan fingerprint density at radius 2 is 2.10 bits per heavy atom. The van der Waals surface area contributed by atoms with Crippen LogP contribution in [-0.4, -0.2) is 44.0 Å². The van der Waals surface area contributed by atoms with Gasteiger partial charge in [0.15, 0.2) is 0 Å². The van der Waals surface area contributed by atoms with Crippen LogP contribution in [0.1, 0.15) is 29.1 Å². The van der Waals surface area contributed by atoms with Gasteiger partial charge in [-0.15, -0.1) is 11.3 Å². The number of carbonyl (C=O) groups excluding carboxylic acids is 1. The van der Waals surface area contributed by atoms with Gasteiger partial charge in [-0.3, -0.25) is 4.79 Å². The summed E-state index contributed by atoms with van der Waals surface area (Å²) in [6.45, 7) is 7.78. The molecule has 0 aliphatic rings. The minimum absolute atomic E-state index is 0.252. The van der Waals surface area contributed by atoms with Crippen molar-refractivity contribution in [2.75, 3.05) is 44.3 Å². The lowest BCUT2D eigenvalue weighted by molar-refractivity contribution is 0.0968. The van der Waals surface area contributed by atoms with E-state index < -0.39 is 0 Å². The number of nitrogens with zero attached hydrogens (tertiary/aromatic N) is 2. The minimum atomic E-state index is -0.263. The van der Waals surface area contributed by atoms with Gasteiger partial charge >= 0.3 is 0 Å². The van der Waals surface area contributed by atoms with Crippen molar-refractivity contribution < 1.29 is 4.79 Å². The maximum absolute atomic E-state index is 11.7. The van der Waals surface area contributed by atoms with Crippen molar-refractivity contribution in [3.63, 3.8) is 0 Å². The third-order valence-electron chi connectivity index (χ3n) is 3.10. The molecule has 110 valence electrons. The Morgan fingerprint density at radius 3 is 2.60 bits per heavy atom. The Morgan fingerprint density at radius 1 is 1.45 bits per heavy atom. The number of hydrogen-bond acceptors (Lipinski definition) is 6. The molecule has 0 aliphatic heterocycles. The van der Waals surface area contributed by atoms with Crippen molar-refractivity contribution in [1.29, 1.82) is 5.26 Å². The first-order chi connectivity index (χ1) is 9.58. The number of amides is 1. The molecule has 7 heteroatoms. The Balaban J connectivity index is 2.80. The van der Waals surface area contributed by atoms with Crippen molar-refractivity contribution in [2.45, 2.75) is 13.8 Å². The quantitative estimate of drug-likeness (QED) is 0.705. The van der Waals surface area contributed by atoms with E-state index in [0.717, 1.165) is 19.6 Å². The van der Waals surface area contributed by atoms with E-state index in [2.05, 4.69) is 35.5 Å². The van der Waals surface area contributed by atoms with Gasteiger partial charge in [-0.2, -0.15) is 5.26 Å². The molecule has 0 fully saturated rings. The van der Waals surface area contributed by atoms with Gasteiger partial charge in [-0.25, -0.2) is 0 Å². The van der Waals surface area contributed by atoms with Gasteiger partial charge in [0.1, 0.15) is 21.5 Å². The van der Waals surface area contributed by atoms with Crippen LogP contribution in [0.4, 0.5) is 10.7 Å². The molecule has 0 bridgehead atoms. The molecule has 0 atom stereocenters. The molecule has 0 saturated heterocycles. The van der Waals surface area contributed by atoms with Gasteiger partial charge < -0.3 is 21.3 Å². The summed E-state index contributed by atoms with van der Waals surface area (Å²) in [7, 11) is 1.54. The molecule has 20 heavy (non-hydrogen) atoms. The number of nitrogen functional groups attached to an aromatic ring is 1. The molecule has 1 rings (SSSR count). The molecule has 0 radical (unpaired) electrons. The lowest BCUT2D eigenvalue weighted by Gasteiger charge is -2.18. The summed E-state index contributed by atoms with van der Waals surface area (Å²) in [4.78, 5) is 14.3. The van der Waals surface area contributed by atoms with Gasteiger partial charge in [0.25, 0.3) is 5.91 Å². The van der Waals surface area contributed by atoms with E-state index >= 15 is 0 Å². The number of anilines is 2. The van der Waals surface area contributed by atoms with Crippen LogP contribution in [0.15, 0.2) is 0 Å². The SMILES string of the molecule is CCN(CC)CCNc1sc(C(=O)NC)c(N)c1C#N. The van der Waals surface area contributed by atoms with Crippen LogP contribution in [-0.2, 0) is 0 Å². The molecule has 1 aromatic rings. The second-order valence-corrected chi connectivity index (χ2v) is 5.21. The van der Waals surface area contributed by atoms with Crippen molar-refractivity contribution >= 4 is 27.9 Å². The number of nitriles is 1. The maximum atomic E-state index is 11.7. The first-order valence-corrected chi connectivity index (χ1v) is 7.41. The Hall–Kier alpha value is -1.78. The van der Waals surface area contributed by atoms with Crippen molar-refractivity contribution in [1.82, 2.24) is 10.2 Å². The largest absolute Gasteiger partial charge is 0.396 e. The second kappa shape index (κ2) is 7.72. The van der Waals surface area contributed by atoms with Crippen LogP contribution in [0, 0.1) is 11.3 Å². The summed E-state index contributed by atoms with van der Waals surface area (Å²) in [5.41, 5.74) is 6.46. The molecule has 1 aromatic heterocycles. The third kappa shape index (κ3) is 3.62. The fraction of sp³-hybridized carbons (Fsp3) is 0.538. The standard InChI is InChI=1S/C13H21N5OS/c1-4-18(5-2)7-6-17-13-9(8-14)10(15)11(20-13)12(19)16-3/h17H,4-7,15H2,1-3H3,(H,16,19). The number of nitrogens with one attached hydrogen (secondary N) is 2. The number of carbonyl (C=O) groups is 1. The number of hydrogen-bond donors (Lipinski definition) is 3. The summed E-state index contributed by atoms with van der Waals surface area (Å²) in [6, 6.07) is 2.06. The Kier molecular flexibility index (Phi) is 6.28. The van der Waals surface area contributed by atoms with E-state index in [4.69, 9.17) is 11.0 Å². The number of thiophene rings is 1. The topological polar surface area (TPSA) is 94.2 Å². The zero-order valence-electron chi connectivity index (χ0n) is 12.1. The maximum Gasteiger partial charge on any atom is 0.263 e. The fourth-order valence-corrected chi connectivity index (χ4v) is 2.87. The second-order valence-electron chi connectivity index (χ2n) is 4.19. The van der Waals surface area contributed by atoms with Crippen LogP contribution in [0.5, 0.6) is 0 Å². The number of nitrogens with two attached hydrogens (primary N) is 1.